The Labute approximate surface area is 110 Å². The first kappa shape index (κ1) is 13.5. The minimum Gasteiger partial charge on any atom is -0.373 e. The SMILES string of the molecule is CCOC1(C(N)c2cccnc2)CCCCCC1. The summed E-state index contributed by atoms with van der Waals surface area (Å²) in [5.74, 6) is 0. The van der Waals surface area contributed by atoms with Gasteiger partial charge in [-0.25, -0.2) is 0 Å². The van der Waals surface area contributed by atoms with Crippen LogP contribution >= 0.6 is 0 Å². The number of aromatic nitrogens is 1. The van der Waals surface area contributed by atoms with Crippen molar-refractivity contribution in [2.24, 2.45) is 5.73 Å². The summed E-state index contributed by atoms with van der Waals surface area (Å²) in [6, 6.07) is 3.94. The predicted molar refractivity (Wildman–Crippen MR) is 73.2 cm³/mol. The van der Waals surface area contributed by atoms with Crippen LogP contribution < -0.4 is 5.73 Å². The van der Waals surface area contributed by atoms with Crippen molar-refractivity contribution in [1.82, 2.24) is 4.98 Å². The molecule has 3 nitrogen and oxygen atoms in total. The van der Waals surface area contributed by atoms with E-state index in [9.17, 15) is 0 Å². The van der Waals surface area contributed by atoms with Gasteiger partial charge in [0.2, 0.25) is 0 Å². The molecule has 1 heterocycles. The molecule has 1 unspecified atom stereocenters. The Morgan fingerprint density at radius 1 is 1.33 bits per heavy atom. The van der Waals surface area contributed by atoms with Crippen LogP contribution in [-0.4, -0.2) is 17.2 Å². The molecule has 1 saturated carbocycles. The molecule has 2 rings (SSSR count). The largest absolute Gasteiger partial charge is 0.373 e. The normalized spacial score (nSPS) is 21.2. The van der Waals surface area contributed by atoms with Crippen molar-refractivity contribution in [2.45, 2.75) is 57.1 Å². The Kier molecular flexibility index (Phi) is 4.72. The highest BCUT2D eigenvalue weighted by atomic mass is 16.5. The van der Waals surface area contributed by atoms with Gasteiger partial charge >= 0.3 is 0 Å². The lowest BCUT2D eigenvalue weighted by Crippen LogP contribution is -2.43. The third-order valence-electron chi connectivity index (χ3n) is 3.99. The second kappa shape index (κ2) is 6.30. The second-order valence-electron chi connectivity index (χ2n) is 5.18. The van der Waals surface area contributed by atoms with Gasteiger partial charge in [-0.2, -0.15) is 0 Å². The van der Waals surface area contributed by atoms with Crippen LogP contribution in [0.5, 0.6) is 0 Å². The van der Waals surface area contributed by atoms with Gasteiger partial charge in [0.05, 0.1) is 11.6 Å². The summed E-state index contributed by atoms with van der Waals surface area (Å²) < 4.78 is 6.11. The summed E-state index contributed by atoms with van der Waals surface area (Å²) in [7, 11) is 0. The van der Waals surface area contributed by atoms with Crippen LogP contribution in [0.1, 0.15) is 57.1 Å². The third kappa shape index (κ3) is 2.90. The van der Waals surface area contributed by atoms with E-state index >= 15 is 0 Å². The highest BCUT2D eigenvalue weighted by Gasteiger charge is 2.38. The molecule has 0 aliphatic heterocycles. The van der Waals surface area contributed by atoms with Crippen LogP contribution in [0.2, 0.25) is 0 Å². The molecule has 0 amide bonds. The fourth-order valence-electron chi connectivity index (χ4n) is 3.02. The van der Waals surface area contributed by atoms with Gasteiger partial charge in [0.15, 0.2) is 0 Å². The highest BCUT2D eigenvalue weighted by molar-refractivity contribution is 5.18. The van der Waals surface area contributed by atoms with Crippen LogP contribution in [-0.2, 0) is 4.74 Å². The number of rotatable bonds is 4. The van der Waals surface area contributed by atoms with E-state index in [2.05, 4.69) is 18.0 Å². The molecular formula is C15H24N2O. The molecule has 3 heteroatoms. The number of ether oxygens (including phenoxy) is 1. The zero-order valence-corrected chi connectivity index (χ0v) is 11.3. The van der Waals surface area contributed by atoms with E-state index in [1.807, 2.05) is 12.3 Å². The van der Waals surface area contributed by atoms with Crippen LogP contribution in [0.15, 0.2) is 24.5 Å². The standard InChI is InChI=1S/C15H24N2O/c1-2-18-15(9-5-3-4-6-10-15)14(16)13-8-7-11-17-12-13/h7-8,11-12,14H,2-6,9-10,16H2,1H3. The van der Waals surface area contributed by atoms with Crippen molar-refractivity contribution in [3.63, 3.8) is 0 Å². The fraction of sp³-hybridized carbons (Fsp3) is 0.667. The molecule has 1 fully saturated rings. The second-order valence-corrected chi connectivity index (χ2v) is 5.18. The van der Waals surface area contributed by atoms with E-state index in [1.165, 1.54) is 25.7 Å². The van der Waals surface area contributed by atoms with Crippen LogP contribution in [0, 0.1) is 0 Å². The summed E-state index contributed by atoms with van der Waals surface area (Å²) >= 11 is 0. The molecule has 0 spiro atoms. The Balaban J connectivity index is 2.22. The van der Waals surface area contributed by atoms with Crippen molar-refractivity contribution in [3.8, 4) is 0 Å². The first-order valence-electron chi connectivity index (χ1n) is 7.08. The molecule has 18 heavy (non-hydrogen) atoms. The van der Waals surface area contributed by atoms with Crippen molar-refractivity contribution >= 4 is 0 Å². The lowest BCUT2D eigenvalue weighted by Gasteiger charge is -2.38. The van der Waals surface area contributed by atoms with Gasteiger partial charge in [-0.1, -0.05) is 31.7 Å². The first-order chi connectivity index (χ1) is 8.78. The Bertz CT molecular complexity index is 345. The van der Waals surface area contributed by atoms with Gasteiger partial charge < -0.3 is 10.5 Å². The van der Waals surface area contributed by atoms with Crippen molar-refractivity contribution in [1.29, 1.82) is 0 Å². The molecule has 1 aromatic rings. The molecule has 100 valence electrons. The van der Waals surface area contributed by atoms with E-state index in [-0.39, 0.29) is 11.6 Å². The molecule has 1 aromatic heterocycles. The number of nitrogens with two attached hydrogens (primary N) is 1. The van der Waals surface area contributed by atoms with Crippen molar-refractivity contribution in [2.75, 3.05) is 6.61 Å². The van der Waals surface area contributed by atoms with E-state index < -0.39 is 0 Å². The predicted octanol–water partition coefficient (Wildman–Crippen LogP) is 3.21. The van der Waals surface area contributed by atoms with Crippen LogP contribution in [0.4, 0.5) is 0 Å². The Morgan fingerprint density at radius 3 is 2.61 bits per heavy atom. The molecule has 2 N–H and O–H groups in total. The van der Waals surface area contributed by atoms with E-state index in [4.69, 9.17) is 10.5 Å². The molecule has 1 aliphatic carbocycles. The molecular weight excluding hydrogens is 224 g/mol. The number of hydrogen-bond donors (Lipinski definition) is 1. The summed E-state index contributed by atoms with van der Waals surface area (Å²) in [6.07, 6.45) is 10.8. The zero-order chi connectivity index (χ0) is 12.8. The lowest BCUT2D eigenvalue weighted by molar-refractivity contribution is -0.0696. The smallest absolute Gasteiger partial charge is 0.0874 e. The number of pyridine rings is 1. The monoisotopic (exact) mass is 248 g/mol. The van der Waals surface area contributed by atoms with Gasteiger partial charge in [0, 0.05) is 19.0 Å². The zero-order valence-electron chi connectivity index (χ0n) is 11.3. The third-order valence-corrected chi connectivity index (χ3v) is 3.99. The Morgan fingerprint density at radius 2 is 2.06 bits per heavy atom. The molecule has 1 atom stereocenters. The molecule has 1 aliphatic rings. The number of hydrogen-bond acceptors (Lipinski definition) is 3. The molecule has 0 aromatic carbocycles. The first-order valence-corrected chi connectivity index (χ1v) is 7.08. The van der Waals surface area contributed by atoms with Crippen LogP contribution in [0.25, 0.3) is 0 Å². The Hall–Kier alpha value is -0.930. The van der Waals surface area contributed by atoms with E-state index in [1.54, 1.807) is 6.20 Å². The lowest BCUT2D eigenvalue weighted by atomic mass is 9.83. The average molecular weight is 248 g/mol. The van der Waals surface area contributed by atoms with Crippen LogP contribution in [0.3, 0.4) is 0 Å². The van der Waals surface area contributed by atoms with E-state index in [0.29, 0.717) is 0 Å². The molecule has 0 bridgehead atoms. The number of nitrogens with zero attached hydrogens (tertiary/aromatic N) is 1. The fourth-order valence-corrected chi connectivity index (χ4v) is 3.02. The van der Waals surface area contributed by atoms with E-state index in [0.717, 1.165) is 25.0 Å². The maximum absolute atomic E-state index is 6.50. The van der Waals surface area contributed by atoms with Crippen molar-refractivity contribution in [3.05, 3.63) is 30.1 Å². The molecule has 0 radical (unpaired) electrons. The minimum absolute atomic E-state index is 0.0655. The summed E-state index contributed by atoms with van der Waals surface area (Å²) in [5.41, 5.74) is 7.40. The summed E-state index contributed by atoms with van der Waals surface area (Å²) in [5, 5.41) is 0. The average Bonchev–Trinajstić information content (AvgIpc) is 2.66. The topological polar surface area (TPSA) is 48.1 Å². The molecule has 0 saturated heterocycles. The van der Waals surface area contributed by atoms with Gasteiger partial charge in [-0.05, 0) is 31.4 Å². The quantitative estimate of drug-likeness (QED) is 0.832. The van der Waals surface area contributed by atoms with Gasteiger partial charge in [-0.15, -0.1) is 0 Å². The van der Waals surface area contributed by atoms with Gasteiger partial charge in [-0.3, -0.25) is 4.98 Å². The maximum atomic E-state index is 6.50. The highest BCUT2D eigenvalue weighted by Crippen LogP contribution is 2.39. The summed E-state index contributed by atoms with van der Waals surface area (Å²) in [4.78, 5) is 4.18. The minimum atomic E-state index is -0.186. The summed E-state index contributed by atoms with van der Waals surface area (Å²) in [6.45, 7) is 2.79. The van der Waals surface area contributed by atoms with Gasteiger partial charge in [0.25, 0.3) is 0 Å². The van der Waals surface area contributed by atoms with Gasteiger partial charge in [0.1, 0.15) is 0 Å². The maximum Gasteiger partial charge on any atom is 0.0874 e. The van der Waals surface area contributed by atoms with Crippen molar-refractivity contribution < 1.29 is 4.74 Å².